The molecule has 2 amide bonds. The second-order valence-electron chi connectivity index (χ2n) is 13.2. The zero-order valence-electron chi connectivity index (χ0n) is 29.6. The molecule has 2 aromatic carbocycles. The van der Waals surface area contributed by atoms with Crippen molar-refractivity contribution in [1.82, 2.24) is 19.0 Å². The number of benzene rings is 2. The van der Waals surface area contributed by atoms with Gasteiger partial charge in [0.1, 0.15) is 17.8 Å². The van der Waals surface area contributed by atoms with Crippen LogP contribution in [0.4, 0.5) is 11.4 Å². The molecule has 1 atom stereocenters. The summed E-state index contributed by atoms with van der Waals surface area (Å²) in [4.78, 5) is 62.3. The third-order valence-corrected chi connectivity index (χ3v) is 10.5. The van der Waals surface area contributed by atoms with Crippen LogP contribution in [-0.2, 0) is 42.6 Å². The molecule has 5 heterocycles. The Morgan fingerprint density at radius 3 is 2.46 bits per heavy atom. The number of carbonyl (C=O) groups is 3. The fraction of sp³-hybridized carbons (Fsp3) is 0.459. The number of hydrogen-bond donors (Lipinski definition) is 1. The lowest BCUT2D eigenvalue weighted by atomic mass is 9.85. The van der Waals surface area contributed by atoms with Crippen LogP contribution in [0.15, 0.2) is 63.4 Å². The highest BCUT2D eigenvalue weighted by molar-refractivity contribution is 6.33. The minimum Gasteiger partial charge on any atom is -0.387 e. The highest BCUT2D eigenvalue weighted by Gasteiger charge is 2.49. The van der Waals surface area contributed by atoms with E-state index in [1.807, 2.05) is 62.5 Å². The Hall–Kier alpha value is -4.63. The molecule has 15 heteroatoms. The van der Waals surface area contributed by atoms with Gasteiger partial charge in [0.15, 0.2) is 0 Å². The predicted molar refractivity (Wildman–Crippen MR) is 197 cm³/mol. The second kappa shape index (κ2) is 16.4. The molecule has 4 aliphatic rings. The fourth-order valence-corrected chi connectivity index (χ4v) is 7.66. The molecule has 0 aliphatic carbocycles. The number of nitrogens with one attached hydrogen (secondary N) is 1. The van der Waals surface area contributed by atoms with Crippen molar-refractivity contribution < 1.29 is 23.9 Å². The Bertz CT molecular complexity index is 1930. The van der Waals surface area contributed by atoms with Gasteiger partial charge in [-0.15, -0.1) is 0 Å². The number of amides is 2. The van der Waals surface area contributed by atoms with Crippen molar-refractivity contribution in [1.29, 1.82) is 0 Å². The molecule has 1 aromatic heterocycles. The highest BCUT2D eigenvalue weighted by Crippen LogP contribution is 2.42. The number of aryl methyl sites for hydroxylation is 1. The zero-order chi connectivity index (χ0) is 36.8. The van der Waals surface area contributed by atoms with Crippen LogP contribution in [-0.4, -0.2) is 104 Å². The maximum absolute atomic E-state index is 13.9. The third kappa shape index (κ3) is 7.47. The maximum Gasteiger partial charge on any atom is 0.282 e. The molecule has 0 saturated carbocycles. The molecular formula is C37H45ClN8O6. The maximum atomic E-state index is 13.9. The summed E-state index contributed by atoms with van der Waals surface area (Å²) in [7, 11) is 1.86. The average Bonchev–Trinajstić information content (AvgIpc) is 3.73. The number of hydrogen-bond acceptors (Lipinski definition) is 10. The number of rotatable bonds is 8. The number of fused-ring (bicyclic) bond motifs is 2. The summed E-state index contributed by atoms with van der Waals surface area (Å²) in [6.45, 7) is 9.88. The first kappa shape index (κ1) is 37.1. The van der Waals surface area contributed by atoms with E-state index in [1.54, 1.807) is 14.4 Å². The molecule has 3 aromatic rings. The van der Waals surface area contributed by atoms with Gasteiger partial charge in [0.05, 0.1) is 55.0 Å². The quantitative estimate of drug-likeness (QED) is 0.212. The van der Waals surface area contributed by atoms with Crippen LogP contribution in [0.2, 0.25) is 5.02 Å². The summed E-state index contributed by atoms with van der Waals surface area (Å²) >= 11 is 5.87. The third-order valence-electron chi connectivity index (χ3n) is 10.2. The van der Waals surface area contributed by atoms with Gasteiger partial charge in [0.25, 0.3) is 5.56 Å². The zero-order valence-corrected chi connectivity index (χ0v) is 30.4. The lowest BCUT2D eigenvalue weighted by Crippen LogP contribution is -2.51. The monoisotopic (exact) mass is 732 g/mol. The first-order chi connectivity index (χ1) is 25.2. The molecule has 14 nitrogen and oxygen atoms in total. The van der Waals surface area contributed by atoms with Gasteiger partial charge in [-0.3, -0.25) is 19.3 Å². The van der Waals surface area contributed by atoms with Gasteiger partial charge in [0.2, 0.25) is 17.4 Å². The van der Waals surface area contributed by atoms with Crippen LogP contribution in [0.3, 0.4) is 0 Å². The molecule has 52 heavy (non-hydrogen) atoms. The van der Waals surface area contributed by atoms with E-state index in [0.29, 0.717) is 83.1 Å². The number of anilines is 2. The lowest BCUT2D eigenvalue weighted by molar-refractivity contribution is -0.145. The van der Waals surface area contributed by atoms with Crippen molar-refractivity contribution in [3.63, 3.8) is 0 Å². The molecule has 276 valence electrons. The topological polar surface area (TPSA) is 143 Å². The van der Waals surface area contributed by atoms with Gasteiger partial charge in [-0.2, -0.15) is 9.78 Å². The first-order valence-corrected chi connectivity index (χ1v) is 17.9. The van der Waals surface area contributed by atoms with E-state index in [4.69, 9.17) is 21.1 Å². The SMILES string of the molecule is C=Nn1c(=O)c2c(n(CC=O)/c1=N/CN1CCOCC1)COC21CCN(C(=O)C2CCN(c3ccccc3)C2=O)CC1.CNc1ccc(C)cc1Cl. The van der Waals surface area contributed by atoms with Crippen molar-refractivity contribution in [2.45, 2.75) is 44.9 Å². The lowest BCUT2D eigenvalue weighted by Gasteiger charge is -2.39. The molecule has 1 unspecified atom stereocenters. The van der Waals surface area contributed by atoms with Gasteiger partial charge in [0, 0.05) is 52.2 Å². The van der Waals surface area contributed by atoms with Crippen molar-refractivity contribution in [3.05, 3.63) is 86.3 Å². The van der Waals surface area contributed by atoms with E-state index in [2.05, 4.69) is 27.0 Å². The van der Waals surface area contributed by atoms with E-state index in [-0.39, 0.29) is 36.1 Å². The molecule has 3 fully saturated rings. The minimum absolute atomic E-state index is 0.0220. The summed E-state index contributed by atoms with van der Waals surface area (Å²) in [5.74, 6) is -1.09. The number of piperidine rings is 1. The normalized spacial score (nSPS) is 20.0. The number of likely N-dealkylation sites (tertiary alicyclic amines) is 1. The number of carbonyl (C=O) groups excluding carboxylic acids is 3. The number of aldehydes is 1. The fourth-order valence-electron chi connectivity index (χ4n) is 7.33. The van der Waals surface area contributed by atoms with Gasteiger partial charge >= 0.3 is 0 Å². The molecule has 3 saturated heterocycles. The van der Waals surface area contributed by atoms with Crippen LogP contribution in [0.5, 0.6) is 0 Å². The summed E-state index contributed by atoms with van der Waals surface area (Å²) < 4.78 is 14.6. The van der Waals surface area contributed by atoms with E-state index in [1.165, 1.54) is 5.56 Å². The molecule has 0 radical (unpaired) electrons. The van der Waals surface area contributed by atoms with Crippen LogP contribution < -0.4 is 21.4 Å². The molecular weight excluding hydrogens is 688 g/mol. The van der Waals surface area contributed by atoms with Gasteiger partial charge in [-0.05, 0) is 56.0 Å². The minimum atomic E-state index is -0.932. The van der Waals surface area contributed by atoms with Crippen LogP contribution in [0, 0.1) is 12.8 Å². The summed E-state index contributed by atoms with van der Waals surface area (Å²) in [5, 5.41) is 7.76. The predicted octanol–water partition coefficient (Wildman–Crippen LogP) is 2.59. The largest absolute Gasteiger partial charge is 0.387 e. The number of ether oxygens (including phenoxy) is 2. The molecule has 1 spiro atoms. The Kier molecular flexibility index (Phi) is 11.7. The van der Waals surface area contributed by atoms with E-state index < -0.39 is 11.5 Å². The molecule has 7 rings (SSSR count). The summed E-state index contributed by atoms with van der Waals surface area (Å²) in [6, 6.07) is 15.3. The number of morpholine rings is 1. The van der Waals surface area contributed by atoms with Crippen molar-refractivity contribution >= 4 is 47.8 Å². The Morgan fingerprint density at radius 1 is 1.08 bits per heavy atom. The number of aromatic nitrogens is 2. The number of nitrogens with zero attached hydrogens (tertiary/aromatic N) is 7. The smallest absolute Gasteiger partial charge is 0.282 e. The van der Waals surface area contributed by atoms with Crippen molar-refractivity contribution in [3.8, 4) is 0 Å². The van der Waals surface area contributed by atoms with Crippen LogP contribution in [0.25, 0.3) is 0 Å². The van der Waals surface area contributed by atoms with Crippen molar-refractivity contribution in [2.24, 2.45) is 16.0 Å². The molecule has 0 bridgehead atoms. The Balaban J connectivity index is 0.000000402. The van der Waals surface area contributed by atoms with Crippen LogP contribution in [0.1, 0.15) is 36.1 Å². The molecule has 1 N–H and O–H groups in total. The first-order valence-electron chi connectivity index (χ1n) is 17.5. The summed E-state index contributed by atoms with van der Waals surface area (Å²) in [5.41, 5.74) is 2.90. The Morgan fingerprint density at radius 2 is 1.81 bits per heavy atom. The summed E-state index contributed by atoms with van der Waals surface area (Å²) in [6.07, 6.45) is 1.99. The number of para-hydroxylation sites is 1. The second-order valence-corrected chi connectivity index (χ2v) is 13.6. The Labute approximate surface area is 307 Å². The molecule has 4 aliphatic heterocycles. The van der Waals surface area contributed by atoms with Crippen LogP contribution >= 0.6 is 11.6 Å². The number of halogens is 1. The average molecular weight is 733 g/mol. The van der Waals surface area contributed by atoms with E-state index in [9.17, 15) is 19.2 Å². The van der Waals surface area contributed by atoms with Gasteiger partial charge < -0.3 is 34.0 Å². The standard InChI is InChI=1S/C29H35N7O6.C8H10ClN/c1-30-36-27(40)24-23(35(13-16-37)28(36)31-20-32-14-17-41-18-15-32)19-42-29(24)8-11-33(12-9-29)25(38)22-7-10-34(26(22)39)21-5-3-2-4-6-21;1-6-3-4-8(10-2)7(9)5-6/h2-6,16,22H,1,7-15,17-20H2;3-5,10H,1-2H3/b31-28-;. The van der Waals surface area contributed by atoms with Gasteiger partial charge in [-0.25, -0.2) is 4.99 Å². The van der Waals surface area contributed by atoms with Gasteiger partial charge in [-0.1, -0.05) is 35.9 Å². The highest BCUT2D eigenvalue weighted by atomic mass is 35.5. The van der Waals surface area contributed by atoms with E-state index in [0.717, 1.165) is 27.4 Å². The van der Waals surface area contributed by atoms with E-state index >= 15 is 0 Å². The van der Waals surface area contributed by atoms with Crippen molar-refractivity contribution in [2.75, 3.05) is 69.9 Å².